The molecule has 3 heterocycles. The third-order valence-corrected chi connectivity index (χ3v) is 5.64. The molecule has 1 N–H and O–H groups in total. The fourth-order valence-electron chi connectivity index (χ4n) is 4.31. The average molecular weight is 327 g/mol. The number of benzene rings is 1. The summed E-state index contributed by atoms with van der Waals surface area (Å²) in [6.07, 6.45) is 4.41. The Hall–Kier alpha value is -1.88. The number of fused-ring (bicyclic) bond motifs is 1. The highest BCUT2D eigenvalue weighted by molar-refractivity contribution is 5.83. The van der Waals surface area contributed by atoms with Gasteiger partial charge in [-0.1, -0.05) is 24.3 Å². The second-order valence-corrected chi connectivity index (χ2v) is 7.18. The molecule has 0 bridgehead atoms. The third kappa shape index (κ3) is 2.93. The molecule has 24 heavy (non-hydrogen) atoms. The van der Waals surface area contributed by atoms with Crippen LogP contribution in [0, 0.1) is 0 Å². The molecule has 1 aromatic rings. The lowest BCUT2D eigenvalue weighted by molar-refractivity contribution is -0.139. The minimum Gasteiger partial charge on any atom is -0.339 e. The van der Waals surface area contributed by atoms with E-state index in [4.69, 9.17) is 0 Å². The molecule has 0 aliphatic carbocycles. The lowest BCUT2D eigenvalue weighted by Crippen LogP contribution is -2.55. The molecule has 0 radical (unpaired) electrons. The van der Waals surface area contributed by atoms with Crippen LogP contribution < -0.4 is 5.32 Å². The van der Waals surface area contributed by atoms with E-state index in [9.17, 15) is 9.59 Å². The molecule has 0 aromatic heterocycles. The minimum atomic E-state index is -0.132. The van der Waals surface area contributed by atoms with Crippen LogP contribution in [0.2, 0.25) is 0 Å². The number of piperidine rings is 1. The van der Waals surface area contributed by atoms with Crippen LogP contribution in [0.5, 0.6) is 0 Å². The van der Waals surface area contributed by atoms with Crippen molar-refractivity contribution in [2.24, 2.45) is 0 Å². The van der Waals surface area contributed by atoms with Gasteiger partial charge >= 0.3 is 0 Å². The Kier molecular flexibility index (Phi) is 4.27. The highest BCUT2D eigenvalue weighted by Crippen LogP contribution is 2.23. The maximum absolute atomic E-state index is 13.0. The summed E-state index contributed by atoms with van der Waals surface area (Å²) in [5, 5.41) is 3.39. The van der Waals surface area contributed by atoms with E-state index in [1.54, 1.807) is 0 Å². The number of carbonyl (C=O) groups is 2. The first-order valence-corrected chi connectivity index (χ1v) is 9.11. The summed E-state index contributed by atoms with van der Waals surface area (Å²) < 4.78 is 0. The van der Waals surface area contributed by atoms with Gasteiger partial charge in [0.05, 0.1) is 6.04 Å². The van der Waals surface area contributed by atoms with E-state index >= 15 is 0 Å². The van der Waals surface area contributed by atoms with Crippen molar-refractivity contribution in [3.8, 4) is 0 Å². The molecule has 128 valence electrons. The van der Waals surface area contributed by atoms with Crippen molar-refractivity contribution in [2.75, 3.05) is 19.6 Å². The lowest BCUT2D eigenvalue weighted by Gasteiger charge is -2.39. The van der Waals surface area contributed by atoms with Gasteiger partial charge in [-0.2, -0.15) is 0 Å². The lowest BCUT2D eigenvalue weighted by atomic mass is 9.94. The van der Waals surface area contributed by atoms with Crippen molar-refractivity contribution < 1.29 is 9.59 Å². The summed E-state index contributed by atoms with van der Waals surface area (Å²) in [6.45, 7) is 3.14. The summed E-state index contributed by atoms with van der Waals surface area (Å²) in [4.78, 5) is 28.9. The summed E-state index contributed by atoms with van der Waals surface area (Å²) in [7, 11) is 0. The molecule has 1 aromatic carbocycles. The molecule has 3 aliphatic rings. The second kappa shape index (κ2) is 6.55. The fraction of sp³-hybridized carbons (Fsp3) is 0.579. The maximum Gasteiger partial charge on any atom is 0.240 e. The van der Waals surface area contributed by atoms with Gasteiger partial charge < -0.3 is 15.1 Å². The van der Waals surface area contributed by atoms with Crippen LogP contribution in [0.25, 0.3) is 0 Å². The van der Waals surface area contributed by atoms with Gasteiger partial charge in [0.1, 0.15) is 0 Å². The molecule has 4 rings (SSSR count). The number of amides is 2. The minimum absolute atomic E-state index is 0.132. The first-order valence-electron chi connectivity index (χ1n) is 9.11. The Morgan fingerprint density at radius 2 is 1.96 bits per heavy atom. The van der Waals surface area contributed by atoms with Gasteiger partial charge in [0.2, 0.25) is 11.8 Å². The zero-order valence-electron chi connectivity index (χ0n) is 14.0. The number of hydrogen-bond donors (Lipinski definition) is 1. The van der Waals surface area contributed by atoms with Crippen LogP contribution in [-0.4, -0.2) is 53.3 Å². The Balaban J connectivity index is 1.42. The number of carbonyl (C=O) groups excluding carboxylic acids is 2. The monoisotopic (exact) mass is 327 g/mol. The summed E-state index contributed by atoms with van der Waals surface area (Å²) in [6, 6.07) is 8.42. The topological polar surface area (TPSA) is 52.7 Å². The molecule has 0 saturated carbocycles. The predicted molar refractivity (Wildman–Crippen MR) is 91.3 cm³/mol. The zero-order valence-corrected chi connectivity index (χ0v) is 14.0. The highest BCUT2D eigenvalue weighted by atomic mass is 16.2. The zero-order chi connectivity index (χ0) is 16.5. The molecule has 5 nitrogen and oxygen atoms in total. The van der Waals surface area contributed by atoms with Crippen molar-refractivity contribution in [1.29, 1.82) is 0 Å². The SMILES string of the molecule is O=C([C@@H]1Cc2ccccc2CN1)N1CCC[C@H](N2CCCC2=O)C1. The molecule has 3 aliphatic heterocycles. The second-order valence-electron chi connectivity index (χ2n) is 7.18. The number of nitrogens with zero attached hydrogens (tertiary/aromatic N) is 2. The van der Waals surface area contributed by atoms with Gasteiger partial charge in [-0.3, -0.25) is 9.59 Å². The predicted octanol–water partition coefficient (Wildman–Crippen LogP) is 1.31. The first-order chi connectivity index (χ1) is 11.7. The Morgan fingerprint density at radius 3 is 2.75 bits per heavy atom. The Bertz CT molecular complexity index is 645. The van der Waals surface area contributed by atoms with Crippen molar-refractivity contribution in [2.45, 2.75) is 50.7 Å². The van der Waals surface area contributed by atoms with Gasteiger partial charge in [-0.25, -0.2) is 0 Å². The standard InChI is InChI=1S/C19H25N3O2/c23-18-8-4-10-22(18)16-7-3-9-21(13-16)19(24)17-11-14-5-1-2-6-15(14)12-20-17/h1-2,5-6,16-17,20H,3-4,7-13H2/t16-,17-/m0/s1. The number of likely N-dealkylation sites (tertiary alicyclic amines) is 2. The fourth-order valence-corrected chi connectivity index (χ4v) is 4.31. The molecule has 2 saturated heterocycles. The summed E-state index contributed by atoms with van der Waals surface area (Å²) in [5.74, 6) is 0.458. The van der Waals surface area contributed by atoms with Gasteiger partial charge in [0.25, 0.3) is 0 Å². The van der Waals surface area contributed by atoms with E-state index in [0.29, 0.717) is 13.0 Å². The van der Waals surface area contributed by atoms with Crippen LogP contribution in [0.1, 0.15) is 36.8 Å². The van der Waals surface area contributed by atoms with Gasteiger partial charge in [-0.15, -0.1) is 0 Å². The Labute approximate surface area is 143 Å². The third-order valence-electron chi connectivity index (χ3n) is 5.64. The van der Waals surface area contributed by atoms with Crippen molar-refractivity contribution in [3.05, 3.63) is 35.4 Å². The molecule has 0 unspecified atom stereocenters. The molecule has 2 atom stereocenters. The molecule has 2 fully saturated rings. The van der Waals surface area contributed by atoms with E-state index in [0.717, 1.165) is 45.3 Å². The Morgan fingerprint density at radius 1 is 1.12 bits per heavy atom. The van der Waals surface area contributed by atoms with E-state index in [1.807, 2.05) is 21.9 Å². The largest absolute Gasteiger partial charge is 0.339 e. The van der Waals surface area contributed by atoms with E-state index in [-0.39, 0.29) is 23.9 Å². The van der Waals surface area contributed by atoms with E-state index in [2.05, 4.69) is 17.4 Å². The van der Waals surface area contributed by atoms with Gasteiger partial charge in [0.15, 0.2) is 0 Å². The van der Waals surface area contributed by atoms with Crippen molar-refractivity contribution in [1.82, 2.24) is 15.1 Å². The number of hydrogen-bond acceptors (Lipinski definition) is 3. The number of rotatable bonds is 2. The quantitative estimate of drug-likeness (QED) is 0.891. The van der Waals surface area contributed by atoms with Crippen LogP contribution in [0.15, 0.2) is 24.3 Å². The molecular weight excluding hydrogens is 302 g/mol. The first kappa shape index (κ1) is 15.6. The highest BCUT2D eigenvalue weighted by Gasteiger charge is 2.35. The van der Waals surface area contributed by atoms with E-state index < -0.39 is 0 Å². The molecule has 5 heteroatoms. The summed E-state index contributed by atoms with van der Waals surface area (Å²) >= 11 is 0. The summed E-state index contributed by atoms with van der Waals surface area (Å²) in [5.41, 5.74) is 2.57. The van der Waals surface area contributed by atoms with Gasteiger partial charge in [-0.05, 0) is 36.8 Å². The maximum atomic E-state index is 13.0. The van der Waals surface area contributed by atoms with Crippen LogP contribution in [0.4, 0.5) is 0 Å². The number of nitrogens with one attached hydrogen (secondary N) is 1. The average Bonchev–Trinajstić information content (AvgIpc) is 3.07. The van der Waals surface area contributed by atoms with Crippen LogP contribution >= 0.6 is 0 Å². The molecule has 2 amide bonds. The van der Waals surface area contributed by atoms with Crippen molar-refractivity contribution >= 4 is 11.8 Å². The van der Waals surface area contributed by atoms with Crippen LogP contribution in [0.3, 0.4) is 0 Å². The van der Waals surface area contributed by atoms with Gasteiger partial charge in [0, 0.05) is 38.6 Å². The molecular formula is C19H25N3O2. The normalized spacial score (nSPS) is 27.2. The van der Waals surface area contributed by atoms with E-state index in [1.165, 1.54) is 11.1 Å². The molecule has 0 spiro atoms. The van der Waals surface area contributed by atoms with Crippen molar-refractivity contribution in [3.63, 3.8) is 0 Å². The van der Waals surface area contributed by atoms with Crippen LogP contribution in [-0.2, 0) is 22.6 Å². The smallest absolute Gasteiger partial charge is 0.240 e.